The molecule has 1 atom stereocenters. The molecule has 0 bridgehead atoms. The van der Waals surface area contributed by atoms with Crippen LogP contribution in [-0.2, 0) is 16.6 Å². The number of anilines is 1. The van der Waals surface area contributed by atoms with Crippen LogP contribution in [0.3, 0.4) is 0 Å². The summed E-state index contributed by atoms with van der Waals surface area (Å²) in [4.78, 5) is 31.7. The van der Waals surface area contributed by atoms with Crippen LogP contribution >= 0.6 is 0 Å². The fraction of sp³-hybridized carbons (Fsp3) is 0.550. The summed E-state index contributed by atoms with van der Waals surface area (Å²) in [6.07, 6.45) is 2.33. The Morgan fingerprint density at radius 2 is 1.94 bits per heavy atom. The van der Waals surface area contributed by atoms with Gasteiger partial charge in [-0.2, -0.15) is 18.3 Å². The lowest BCUT2D eigenvalue weighted by molar-refractivity contribution is -0.192. The molecule has 33 heavy (non-hydrogen) atoms. The summed E-state index contributed by atoms with van der Waals surface area (Å²) < 4.78 is 39.4. The second-order valence-corrected chi connectivity index (χ2v) is 8.04. The number of carbonyl (C=O) groups is 2. The number of amides is 1. The van der Waals surface area contributed by atoms with Crippen LogP contribution in [0.2, 0.25) is 0 Å². The Hall–Kier alpha value is -3.22. The van der Waals surface area contributed by atoms with E-state index in [0.717, 1.165) is 31.6 Å². The summed E-state index contributed by atoms with van der Waals surface area (Å²) in [7, 11) is 1.81. The summed E-state index contributed by atoms with van der Waals surface area (Å²) in [5.41, 5.74) is 1.35. The normalized spacial score (nSPS) is 18.9. The molecule has 0 aromatic carbocycles. The van der Waals surface area contributed by atoms with E-state index in [4.69, 9.17) is 14.6 Å². The Bertz CT molecular complexity index is 973. The third-order valence-electron chi connectivity index (χ3n) is 5.54. The van der Waals surface area contributed by atoms with Crippen molar-refractivity contribution < 1.29 is 32.6 Å². The molecule has 180 valence electrons. The van der Waals surface area contributed by atoms with Crippen LogP contribution in [-0.4, -0.2) is 79.6 Å². The van der Waals surface area contributed by atoms with Gasteiger partial charge in [-0.25, -0.2) is 14.8 Å². The van der Waals surface area contributed by atoms with E-state index in [0.29, 0.717) is 30.6 Å². The maximum absolute atomic E-state index is 12.5. The number of carboxylic acid groups (broad SMARTS) is 1. The summed E-state index contributed by atoms with van der Waals surface area (Å²) in [5, 5.41) is 14.6. The number of alkyl halides is 3. The third kappa shape index (κ3) is 5.97. The Morgan fingerprint density at radius 3 is 2.48 bits per heavy atom. The zero-order valence-electron chi connectivity index (χ0n) is 18.2. The molecule has 1 amide bonds. The molecule has 2 aromatic rings. The van der Waals surface area contributed by atoms with Gasteiger partial charge in [0.25, 0.3) is 5.91 Å². The fourth-order valence-electron chi connectivity index (χ4n) is 3.82. The minimum atomic E-state index is -5.08. The van der Waals surface area contributed by atoms with Gasteiger partial charge in [-0.3, -0.25) is 9.48 Å². The molecule has 0 radical (unpaired) electrons. The van der Waals surface area contributed by atoms with E-state index in [1.165, 1.54) is 0 Å². The van der Waals surface area contributed by atoms with Crippen LogP contribution in [0.5, 0.6) is 0 Å². The first-order chi connectivity index (χ1) is 15.5. The molecule has 2 aliphatic rings. The zero-order valence-corrected chi connectivity index (χ0v) is 18.2. The Kier molecular flexibility index (Phi) is 7.20. The number of carboxylic acids is 1. The number of hydrogen-bond acceptors (Lipinski definition) is 7. The van der Waals surface area contributed by atoms with Crippen LogP contribution in [0.15, 0.2) is 24.7 Å². The first-order valence-electron chi connectivity index (χ1n) is 10.3. The van der Waals surface area contributed by atoms with Gasteiger partial charge < -0.3 is 20.1 Å². The van der Waals surface area contributed by atoms with Crippen molar-refractivity contribution >= 4 is 17.8 Å². The van der Waals surface area contributed by atoms with Crippen LogP contribution < -0.4 is 5.32 Å². The topological polar surface area (TPSA) is 122 Å². The number of ether oxygens (including phenoxy) is 1. The molecule has 0 aliphatic carbocycles. The number of carbonyl (C=O) groups excluding carboxylic acids is 1. The van der Waals surface area contributed by atoms with Crippen molar-refractivity contribution in [3.05, 3.63) is 35.9 Å². The highest BCUT2D eigenvalue weighted by atomic mass is 19.4. The van der Waals surface area contributed by atoms with E-state index in [2.05, 4.69) is 20.4 Å². The molecule has 1 spiro atoms. The van der Waals surface area contributed by atoms with Gasteiger partial charge in [-0.1, -0.05) is 0 Å². The molecule has 0 saturated carbocycles. The minimum Gasteiger partial charge on any atom is -0.475 e. The molecule has 1 unspecified atom stereocenters. The monoisotopic (exact) mass is 470 g/mol. The number of rotatable bonds is 5. The lowest BCUT2D eigenvalue weighted by Crippen LogP contribution is -2.66. The number of nitrogens with zero attached hydrogens (tertiary/aromatic N) is 5. The van der Waals surface area contributed by atoms with E-state index >= 15 is 0 Å². The van der Waals surface area contributed by atoms with Crippen molar-refractivity contribution in [3.8, 4) is 0 Å². The van der Waals surface area contributed by atoms with E-state index in [1.807, 2.05) is 31.3 Å². The molecule has 4 heterocycles. The number of likely N-dealkylation sites (tertiary alicyclic amines) is 1. The highest BCUT2D eigenvalue weighted by molar-refractivity contribution is 5.93. The highest BCUT2D eigenvalue weighted by Crippen LogP contribution is 2.42. The molecule has 2 aromatic heterocycles. The van der Waals surface area contributed by atoms with Gasteiger partial charge in [-0.15, -0.1) is 0 Å². The number of halogens is 3. The van der Waals surface area contributed by atoms with Crippen molar-refractivity contribution in [1.29, 1.82) is 0 Å². The number of hydrogen-bond donors (Lipinski definition) is 2. The highest BCUT2D eigenvalue weighted by Gasteiger charge is 2.54. The molecule has 13 heteroatoms. The molecular formula is C20H25F3N6O4. The van der Waals surface area contributed by atoms with E-state index < -0.39 is 12.1 Å². The SMILES string of the molecule is Cc1cnc(NCCC2CCOC23CN(C(=O)c2ccn(C)n2)C3)nc1.O=C(O)C(F)(F)F. The average molecular weight is 470 g/mol. The standard InChI is InChI=1S/C18H24N6O2.C2HF3O2/c1-13-9-20-17(21-10-13)19-6-3-14-5-8-26-18(14)11-24(12-18)16(25)15-4-7-23(2)22-15;3-2(4,5)1(6)7/h4,7,9-10,14H,3,5-6,8,11-12H2,1-2H3,(H,19,20,21);(H,6,7). The van der Waals surface area contributed by atoms with Gasteiger partial charge in [0.05, 0.1) is 13.1 Å². The first kappa shape index (κ1) is 24.4. The maximum atomic E-state index is 12.5. The predicted octanol–water partition coefficient (Wildman–Crippen LogP) is 1.89. The van der Waals surface area contributed by atoms with Gasteiger partial charge in [0.15, 0.2) is 0 Å². The zero-order chi connectivity index (χ0) is 24.2. The fourth-order valence-corrected chi connectivity index (χ4v) is 3.82. The second kappa shape index (κ2) is 9.73. The number of nitrogens with one attached hydrogen (secondary N) is 1. The maximum Gasteiger partial charge on any atom is 0.490 e. The van der Waals surface area contributed by atoms with Crippen LogP contribution in [0.1, 0.15) is 28.9 Å². The molecule has 4 rings (SSSR count). The van der Waals surface area contributed by atoms with E-state index in [-0.39, 0.29) is 11.5 Å². The summed E-state index contributed by atoms with van der Waals surface area (Å²) in [6.45, 7) is 4.82. The molecule has 2 fully saturated rings. The Labute approximate surface area is 187 Å². The second-order valence-electron chi connectivity index (χ2n) is 8.04. The molecule has 2 aliphatic heterocycles. The van der Waals surface area contributed by atoms with Crippen molar-refractivity contribution in [2.45, 2.75) is 31.5 Å². The summed E-state index contributed by atoms with van der Waals surface area (Å²) in [6, 6.07) is 1.76. The largest absolute Gasteiger partial charge is 0.490 e. The lowest BCUT2D eigenvalue weighted by atomic mass is 9.79. The van der Waals surface area contributed by atoms with E-state index in [1.54, 1.807) is 16.9 Å². The van der Waals surface area contributed by atoms with Gasteiger partial charge in [0.2, 0.25) is 5.95 Å². The minimum absolute atomic E-state index is 0.0170. The van der Waals surface area contributed by atoms with Gasteiger partial charge in [-0.05, 0) is 37.3 Å². The average Bonchev–Trinajstić information content (AvgIpc) is 3.34. The van der Waals surface area contributed by atoms with Gasteiger partial charge in [0.1, 0.15) is 11.3 Å². The van der Waals surface area contributed by atoms with Crippen molar-refractivity contribution in [1.82, 2.24) is 24.6 Å². The number of aryl methyl sites for hydroxylation is 2. The molecule has 2 N–H and O–H groups in total. The summed E-state index contributed by atoms with van der Waals surface area (Å²) >= 11 is 0. The Balaban J connectivity index is 0.000000383. The number of aromatic nitrogens is 4. The lowest BCUT2D eigenvalue weighted by Gasteiger charge is -2.50. The van der Waals surface area contributed by atoms with Gasteiger partial charge >= 0.3 is 12.1 Å². The summed E-state index contributed by atoms with van der Waals surface area (Å²) in [5.74, 6) is -1.68. The number of aliphatic carboxylic acids is 1. The molecular weight excluding hydrogens is 445 g/mol. The quantitative estimate of drug-likeness (QED) is 0.679. The van der Waals surface area contributed by atoms with Gasteiger partial charge in [0, 0.05) is 38.8 Å². The molecule has 2 saturated heterocycles. The van der Waals surface area contributed by atoms with Crippen LogP contribution in [0, 0.1) is 12.8 Å². The van der Waals surface area contributed by atoms with Crippen molar-refractivity contribution in [2.24, 2.45) is 13.0 Å². The first-order valence-corrected chi connectivity index (χ1v) is 10.3. The smallest absolute Gasteiger partial charge is 0.475 e. The van der Waals surface area contributed by atoms with Crippen LogP contribution in [0.4, 0.5) is 19.1 Å². The Morgan fingerprint density at radius 1 is 1.30 bits per heavy atom. The van der Waals surface area contributed by atoms with Crippen molar-refractivity contribution in [3.63, 3.8) is 0 Å². The third-order valence-corrected chi connectivity index (χ3v) is 5.54. The van der Waals surface area contributed by atoms with Crippen LogP contribution in [0.25, 0.3) is 0 Å². The van der Waals surface area contributed by atoms with E-state index in [9.17, 15) is 18.0 Å². The predicted molar refractivity (Wildman–Crippen MR) is 109 cm³/mol. The molecule has 10 nitrogen and oxygen atoms in total. The van der Waals surface area contributed by atoms with Crippen molar-refractivity contribution in [2.75, 3.05) is 31.6 Å².